The van der Waals surface area contributed by atoms with Crippen molar-refractivity contribution in [2.75, 3.05) is 24.3 Å². The summed E-state index contributed by atoms with van der Waals surface area (Å²) in [4.78, 5) is 23.7. The van der Waals surface area contributed by atoms with Crippen LogP contribution in [-0.4, -0.2) is 34.8 Å². The van der Waals surface area contributed by atoms with Crippen LogP contribution in [0.3, 0.4) is 0 Å². The van der Waals surface area contributed by atoms with Gasteiger partial charge in [-0.2, -0.15) is 0 Å². The van der Waals surface area contributed by atoms with E-state index < -0.39 is 0 Å². The van der Waals surface area contributed by atoms with Crippen molar-refractivity contribution in [2.24, 2.45) is 0 Å². The van der Waals surface area contributed by atoms with Gasteiger partial charge in [-0.25, -0.2) is 9.97 Å². The molecule has 0 saturated heterocycles. The zero-order chi connectivity index (χ0) is 18.5. The van der Waals surface area contributed by atoms with Crippen molar-refractivity contribution in [3.63, 3.8) is 0 Å². The Bertz CT molecular complexity index is 770. The van der Waals surface area contributed by atoms with Crippen molar-refractivity contribution in [3.8, 4) is 0 Å². The number of carbonyl (C=O) groups is 1. The van der Waals surface area contributed by atoms with Crippen LogP contribution in [0.25, 0.3) is 10.2 Å². The first-order chi connectivity index (χ1) is 12.6. The summed E-state index contributed by atoms with van der Waals surface area (Å²) in [6, 6.07) is 0. The van der Waals surface area contributed by atoms with Crippen LogP contribution >= 0.6 is 22.9 Å². The Morgan fingerprint density at radius 2 is 1.96 bits per heavy atom. The van der Waals surface area contributed by atoms with Crippen molar-refractivity contribution >= 4 is 44.9 Å². The number of amides is 1. The van der Waals surface area contributed by atoms with E-state index in [0.717, 1.165) is 21.9 Å². The lowest BCUT2D eigenvalue weighted by atomic mass is 9.88. The molecule has 142 valence electrons. The van der Waals surface area contributed by atoms with Crippen LogP contribution in [0.15, 0.2) is 0 Å². The molecule has 7 heteroatoms. The van der Waals surface area contributed by atoms with Crippen LogP contribution < -0.4 is 10.6 Å². The summed E-state index contributed by atoms with van der Waals surface area (Å²) in [5.74, 6) is 2.69. The second-order valence-corrected chi connectivity index (χ2v) is 8.53. The number of hydrogen-bond acceptors (Lipinski definition) is 5. The first-order valence-corrected chi connectivity index (χ1v) is 10.8. The highest BCUT2D eigenvalue weighted by molar-refractivity contribution is 7.18. The van der Waals surface area contributed by atoms with Crippen molar-refractivity contribution in [1.29, 1.82) is 0 Å². The number of aromatic nitrogens is 2. The van der Waals surface area contributed by atoms with E-state index in [2.05, 4.69) is 24.5 Å². The number of carbonyl (C=O) groups excluding carboxylic acids is 1. The Morgan fingerprint density at radius 1 is 1.19 bits per heavy atom. The van der Waals surface area contributed by atoms with E-state index in [1.807, 2.05) is 0 Å². The van der Waals surface area contributed by atoms with Crippen LogP contribution in [-0.2, 0) is 4.79 Å². The van der Waals surface area contributed by atoms with Gasteiger partial charge in [-0.15, -0.1) is 22.9 Å². The molecule has 0 aromatic carbocycles. The van der Waals surface area contributed by atoms with Crippen LogP contribution in [0.1, 0.15) is 60.7 Å². The van der Waals surface area contributed by atoms with Gasteiger partial charge in [0.05, 0.1) is 5.39 Å². The number of nitrogens with one attached hydrogen (secondary N) is 2. The molecule has 1 aliphatic carbocycles. The maximum absolute atomic E-state index is 11.5. The lowest BCUT2D eigenvalue weighted by Gasteiger charge is -2.21. The third-order valence-corrected chi connectivity index (χ3v) is 6.37. The molecule has 0 unspecified atom stereocenters. The number of nitrogens with zero attached hydrogens (tertiary/aromatic N) is 2. The van der Waals surface area contributed by atoms with Gasteiger partial charge < -0.3 is 10.6 Å². The topological polar surface area (TPSA) is 66.9 Å². The second kappa shape index (κ2) is 9.00. The van der Waals surface area contributed by atoms with Crippen LogP contribution in [0.2, 0.25) is 0 Å². The number of thiophene rings is 1. The summed E-state index contributed by atoms with van der Waals surface area (Å²) in [7, 11) is 0. The van der Waals surface area contributed by atoms with Gasteiger partial charge in [-0.3, -0.25) is 4.79 Å². The Kier molecular flexibility index (Phi) is 6.70. The first kappa shape index (κ1) is 19.4. The maximum Gasteiger partial charge on any atom is 0.221 e. The Morgan fingerprint density at radius 3 is 2.69 bits per heavy atom. The van der Waals surface area contributed by atoms with E-state index in [9.17, 15) is 4.79 Å². The molecular weight excluding hydrogens is 368 g/mol. The first-order valence-electron chi connectivity index (χ1n) is 9.44. The zero-order valence-electron chi connectivity index (χ0n) is 15.5. The number of hydrogen-bond donors (Lipinski definition) is 2. The highest BCUT2D eigenvalue weighted by Gasteiger charge is 2.22. The van der Waals surface area contributed by atoms with Gasteiger partial charge in [0.25, 0.3) is 0 Å². The second-order valence-electron chi connectivity index (χ2n) is 6.94. The van der Waals surface area contributed by atoms with Gasteiger partial charge >= 0.3 is 0 Å². The van der Waals surface area contributed by atoms with Crippen LogP contribution in [0.5, 0.6) is 0 Å². The van der Waals surface area contributed by atoms with Crippen LogP contribution in [0.4, 0.5) is 5.82 Å². The predicted molar refractivity (Wildman–Crippen MR) is 110 cm³/mol. The van der Waals surface area contributed by atoms with Crippen molar-refractivity contribution < 1.29 is 4.79 Å². The molecule has 0 bridgehead atoms. The summed E-state index contributed by atoms with van der Waals surface area (Å²) in [5, 5.41) is 7.42. The zero-order valence-corrected chi connectivity index (χ0v) is 17.1. The molecule has 2 aromatic heterocycles. The van der Waals surface area contributed by atoms with E-state index in [0.29, 0.717) is 31.3 Å². The molecule has 1 saturated carbocycles. The standard InChI is InChI=1S/C19H27ClN4OS/c1-12-13(2)26-19-16(12)18(22-11-10-21-15(25)8-9-20)23-17(24-19)14-6-4-3-5-7-14/h14H,3-11H2,1-2H3,(H,21,25)(H,22,23,24). The van der Waals surface area contributed by atoms with Gasteiger partial charge in [-0.1, -0.05) is 19.3 Å². The summed E-state index contributed by atoms with van der Waals surface area (Å²) in [6.45, 7) is 5.46. The quantitative estimate of drug-likeness (QED) is 0.535. The molecular formula is C19H27ClN4OS. The molecule has 2 N–H and O–H groups in total. The molecule has 1 fully saturated rings. The molecule has 1 aliphatic rings. The van der Waals surface area contributed by atoms with E-state index in [-0.39, 0.29) is 5.91 Å². The molecule has 2 aromatic rings. The average Bonchev–Trinajstić information content (AvgIpc) is 2.94. The van der Waals surface area contributed by atoms with Crippen molar-refractivity contribution in [3.05, 3.63) is 16.3 Å². The average molecular weight is 395 g/mol. The molecule has 0 aliphatic heterocycles. The minimum Gasteiger partial charge on any atom is -0.368 e. The lowest BCUT2D eigenvalue weighted by molar-refractivity contribution is -0.120. The van der Waals surface area contributed by atoms with E-state index in [4.69, 9.17) is 21.6 Å². The fraction of sp³-hybridized carbons (Fsp3) is 0.632. The molecule has 0 atom stereocenters. The minimum absolute atomic E-state index is 0.0138. The molecule has 26 heavy (non-hydrogen) atoms. The van der Waals surface area contributed by atoms with E-state index >= 15 is 0 Å². The maximum atomic E-state index is 11.5. The number of anilines is 1. The third kappa shape index (κ3) is 4.46. The lowest BCUT2D eigenvalue weighted by Crippen LogP contribution is -2.29. The number of rotatable bonds is 7. The van der Waals surface area contributed by atoms with Crippen molar-refractivity contribution in [2.45, 2.75) is 58.3 Å². The third-order valence-electron chi connectivity index (χ3n) is 5.08. The number of fused-ring (bicyclic) bond motifs is 1. The van der Waals surface area contributed by atoms with E-state index in [1.165, 1.54) is 42.5 Å². The Labute approximate surface area is 163 Å². The molecule has 1 amide bonds. The Hall–Kier alpha value is -1.40. The van der Waals surface area contributed by atoms with Gasteiger partial charge in [0.2, 0.25) is 5.91 Å². The normalized spacial score (nSPS) is 15.3. The molecule has 2 heterocycles. The SMILES string of the molecule is Cc1sc2nc(C3CCCCC3)nc(NCCNC(=O)CCCl)c2c1C. The molecule has 5 nitrogen and oxygen atoms in total. The predicted octanol–water partition coefficient (Wildman–Crippen LogP) is 4.51. The summed E-state index contributed by atoms with van der Waals surface area (Å²) >= 11 is 7.34. The van der Waals surface area contributed by atoms with Gasteiger partial charge in [-0.05, 0) is 32.3 Å². The Balaban J connectivity index is 1.78. The fourth-order valence-electron chi connectivity index (χ4n) is 3.49. The monoisotopic (exact) mass is 394 g/mol. The van der Waals surface area contributed by atoms with Gasteiger partial charge in [0.1, 0.15) is 16.5 Å². The van der Waals surface area contributed by atoms with Crippen molar-refractivity contribution in [1.82, 2.24) is 15.3 Å². The van der Waals surface area contributed by atoms with E-state index in [1.54, 1.807) is 11.3 Å². The summed E-state index contributed by atoms with van der Waals surface area (Å²) in [6.07, 6.45) is 6.58. The molecule has 0 spiro atoms. The number of halogens is 1. The van der Waals surface area contributed by atoms with Gasteiger partial charge in [0.15, 0.2) is 0 Å². The number of alkyl halides is 1. The smallest absolute Gasteiger partial charge is 0.221 e. The molecule has 3 rings (SSSR count). The fourth-order valence-corrected chi connectivity index (χ4v) is 4.70. The van der Waals surface area contributed by atoms with Crippen LogP contribution in [0, 0.1) is 13.8 Å². The molecule has 0 radical (unpaired) electrons. The minimum atomic E-state index is -0.0138. The highest BCUT2D eigenvalue weighted by atomic mass is 35.5. The number of aryl methyl sites for hydroxylation is 2. The summed E-state index contributed by atoms with van der Waals surface area (Å²) in [5.41, 5.74) is 1.24. The summed E-state index contributed by atoms with van der Waals surface area (Å²) < 4.78 is 0. The highest BCUT2D eigenvalue weighted by Crippen LogP contribution is 2.37. The van der Waals surface area contributed by atoms with Gasteiger partial charge in [0, 0.05) is 36.2 Å². The largest absolute Gasteiger partial charge is 0.368 e.